The second-order valence-electron chi connectivity index (χ2n) is 4.20. The third-order valence-electron chi connectivity index (χ3n) is 2.79. The van der Waals surface area contributed by atoms with Crippen LogP contribution in [0, 0.1) is 18.6 Å². The quantitative estimate of drug-likeness (QED) is 0.582. The Hall–Kier alpha value is -2.21. The van der Waals surface area contributed by atoms with Gasteiger partial charge in [-0.3, -0.25) is 14.8 Å². The largest absolute Gasteiger partial charge is 0.494 e. The molecule has 2 aromatic rings. The number of rotatable bonds is 2. The third kappa shape index (κ3) is 2.97. The van der Waals surface area contributed by atoms with Crippen LogP contribution in [-0.4, -0.2) is 21.3 Å². The molecule has 0 unspecified atom stereocenters. The van der Waals surface area contributed by atoms with Crippen LogP contribution in [0.15, 0.2) is 28.0 Å². The summed E-state index contributed by atoms with van der Waals surface area (Å²) in [5.41, 5.74) is 2.56. The summed E-state index contributed by atoms with van der Waals surface area (Å²) in [7, 11) is 0. The van der Waals surface area contributed by atoms with Crippen molar-refractivity contribution < 1.29 is 5.11 Å². The highest BCUT2D eigenvalue weighted by molar-refractivity contribution is 7.71. The second-order valence-corrected chi connectivity index (χ2v) is 4.61. The summed E-state index contributed by atoms with van der Waals surface area (Å²) in [6.45, 7) is 4.00. The first kappa shape index (κ1) is 13.2. The van der Waals surface area contributed by atoms with Gasteiger partial charge >= 0.3 is 0 Å². The molecule has 0 aliphatic rings. The molecule has 0 aliphatic heterocycles. The van der Waals surface area contributed by atoms with Crippen LogP contribution in [0.4, 0.5) is 5.69 Å². The number of H-pyrrole nitrogens is 2. The van der Waals surface area contributed by atoms with E-state index in [0.29, 0.717) is 5.69 Å². The number of nitrogens with zero attached hydrogens (tertiary/aromatic N) is 1. The van der Waals surface area contributed by atoms with E-state index < -0.39 is 5.56 Å². The third-order valence-corrected chi connectivity index (χ3v) is 3.00. The van der Waals surface area contributed by atoms with Gasteiger partial charge in [0, 0.05) is 6.21 Å². The summed E-state index contributed by atoms with van der Waals surface area (Å²) in [6.07, 6.45) is 1.31. The predicted molar refractivity (Wildman–Crippen MR) is 77.1 cm³/mol. The Morgan fingerprint density at radius 2 is 2.00 bits per heavy atom. The number of aromatic hydroxyl groups is 1. The topological polar surface area (TPSA) is 81.2 Å². The molecule has 5 nitrogen and oxygen atoms in total. The van der Waals surface area contributed by atoms with Gasteiger partial charge in [-0.05, 0) is 49.3 Å². The number of hydrogen-bond acceptors (Lipinski definition) is 4. The zero-order valence-electron chi connectivity index (χ0n) is 10.5. The van der Waals surface area contributed by atoms with Crippen LogP contribution in [0.25, 0.3) is 0 Å². The Morgan fingerprint density at radius 3 is 2.63 bits per heavy atom. The fourth-order valence-electron chi connectivity index (χ4n) is 1.55. The normalized spacial score (nSPS) is 11.1. The highest BCUT2D eigenvalue weighted by Gasteiger charge is 2.04. The Kier molecular flexibility index (Phi) is 3.62. The molecular weight excluding hydrogens is 262 g/mol. The maximum Gasteiger partial charge on any atom is 0.264 e. The monoisotopic (exact) mass is 275 g/mol. The lowest BCUT2D eigenvalue weighted by molar-refractivity contribution is 0.449. The number of aryl methyl sites for hydroxylation is 2. The average Bonchev–Trinajstić information content (AvgIpc) is 2.32. The number of nitrogens with one attached hydrogen (secondary N) is 2. The van der Waals surface area contributed by atoms with Crippen LogP contribution in [-0.2, 0) is 0 Å². The molecule has 98 valence electrons. The first-order valence-electron chi connectivity index (χ1n) is 5.64. The van der Waals surface area contributed by atoms with Crippen LogP contribution in [0.2, 0.25) is 0 Å². The smallest absolute Gasteiger partial charge is 0.264 e. The number of benzene rings is 1. The van der Waals surface area contributed by atoms with E-state index in [9.17, 15) is 9.90 Å². The number of aliphatic imine (C=N–C) groups is 1. The Bertz CT molecular complexity index is 759. The Morgan fingerprint density at radius 1 is 1.26 bits per heavy atom. The molecule has 1 heterocycles. The Balaban J connectivity index is 2.40. The first-order chi connectivity index (χ1) is 8.97. The minimum absolute atomic E-state index is 0.0480. The van der Waals surface area contributed by atoms with Gasteiger partial charge < -0.3 is 10.1 Å². The van der Waals surface area contributed by atoms with E-state index in [2.05, 4.69) is 15.0 Å². The molecule has 0 saturated heterocycles. The van der Waals surface area contributed by atoms with Crippen molar-refractivity contribution in [3.63, 3.8) is 0 Å². The Labute approximate surface area is 114 Å². The highest BCUT2D eigenvalue weighted by Crippen LogP contribution is 2.17. The van der Waals surface area contributed by atoms with Crippen molar-refractivity contribution in [2.24, 2.45) is 4.99 Å². The molecule has 6 heteroatoms. The van der Waals surface area contributed by atoms with E-state index in [-0.39, 0.29) is 16.2 Å². The van der Waals surface area contributed by atoms with Crippen molar-refractivity contribution in [3.8, 4) is 5.88 Å². The van der Waals surface area contributed by atoms with Crippen LogP contribution in [0.3, 0.4) is 0 Å². The molecule has 0 fully saturated rings. The van der Waals surface area contributed by atoms with Gasteiger partial charge in [0.1, 0.15) is 5.56 Å². The van der Waals surface area contributed by atoms with E-state index in [1.54, 1.807) is 0 Å². The maximum absolute atomic E-state index is 11.6. The number of hydrogen-bond donors (Lipinski definition) is 3. The summed E-state index contributed by atoms with van der Waals surface area (Å²) in [5, 5.41) is 9.62. The minimum atomic E-state index is -0.478. The molecule has 0 amide bonds. The van der Waals surface area contributed by atoms with Gasteiger partial charge in [-0.1, -0.05) is 6.07 Å². The van der Waals surface area contributed by atoms with Crippen molar-refractivity contribution in [1.29, 1.82) is 0 Å². The average molecular weight is 275 g/mol. The van der Waals surface area contributed by atoms with Crippen LogP contribution in [0.5, 0.6) is 5.88 Å². The molecule has 1 aromatic carbocycles. The van der Waals surface area contributed by atoms with Gasteiger partial charge in [0.25, 0.3) is 5.56 Å². The molecule has 0 atom stereocenters. The molecule has 19 heavy (non-hydrogen) atoms. The van der Waals surface area contributed by atoms with Gasteiger partial charge in [-0.25, -0.2) is 0 Å². The molecule has 1 aromatic heterocycles. The van der Waals surface area contributed by atoms with Crippen molar-refractivity contribution >= 4 is 24.1 Å². The van der Waals surface area contributed by atoms with E-state index in [4.69, 9.17) is 12.2 Å². The zero-order valence-corrected chi connectivity index (χ0v) is 11.3. The van der Waals surface area contributed by atoms with Gasteiger partial charge in [0.2, 0.25) is 5.88 Å². The van der Waals surface area contributed by atoms with Crippen molar-refractivity contribution in [3.05, 3.63) is 50.0 Å². The fourth-order valence-corrected chi connectivity index (χ4v) is 1.74. The van der Waals surface area contributed by atoms with Crippen molar-refractivity contribution in [1.82, 2.24) is 9.97 Å². The van der Waals surface area contributed by atoms with E-state index in [0.717, 1.165) is 5.56 Å². The summed E-state index contributed by atoms with van der Waals surface area (Å²) < 4.78 is 0.0748. The number of aromatic nitrogens is 2. The molecule has 3 N–H and O–H groups in total. The zero-order chi connectivity index (χ0) is 14.0. The molecule has 0 spiro atoms. The molecule has 0 aliphatic carbocycles. The van der Waals surface area contributed by atoms with Crippen LogP contribution < -0.4 is 5.56 Å². The number of aromatic amines is 2. The fraction of sp³-hybridized carbons (Fsp3) is 0.154. The molecule has 0 radical (unpaired) electrons. The lowest BCUT2D eigenvalue weighted by atomic mass is 10.1. The van der Waals surface area contributed by atoms with Gasteiger partial charge in [0.05, 0.1) is 5.69 Å². The SMILES string of the molecule is Cc1ccc(N=Cc2c(O)[nH]c(=S)[nH]c2=O)cc1C. The lowest BCUT2D eigenvalue weighted by Crippen LogP contribution is -2.13. The van der Waals surface area contributed by atoms with Gasteiger partial charge in [-0.2, -0.15) is 0 Å². The van der Waals surface area contributed by atoms with E-state index in [1.807, 2.05) is 32.0 Å². The van der Waals surface area contributed by atoms with Crippen LogP contribution >= 0.6 is 12.2 Å². The van der Waals surface area contributed by atoms with Crippen molar-refractivity contribution in [2.75, 3.05) is 0 Å². The molecule has 0 bridgehead atoms. The summed E-state index contributed by atoms with van der Waals surface area (Å²) in [4.78, 5) is 20.6. The minimum Gasteiger partial charge on any atom is -0.494 e. The summed E-state index contributed by atoms with van der Waals surface area (Å²) in [5.74, 6) is -0.290. The van der Waals surface area contributed by atoms with Crippen molar-refractivity contribution in [2.45, 2.75) is 13.8 Å². The summed E-state index contributed by atoms with van der Waals surface area (Å²) in [6, 6.07) is 5.70. The lowest BCUT2D eigenvalue weighted by Gasteiger charge is -2.01. The summed E-state index contributed by atoms with van der Waals surface area (Å²) >= 11 is 4.74. The highest BCUT2D eigenvalue weighted by atomic mass is 32.1. The first-order valence-corrected chi connectivity index (χ1v) is 6.05. The standard InChI is InChI=1S/C13H13N3O2S/c1-7-3-4-9(5-8(7)2)14-6-10-11(17)15-13(19)16-12(10)18/h3-6H,1-2H3,(H3,15,16,17,18,19). The maximum atomic E-state index is 11.6. The van der Waals surface area contributed by atoms with Crippen LogP contribution in [0.1, 0.15) is 16.7 Å². The predicted octanol–water partition coefficient (Wildman–Crippen LogP) is 2.51. The van der Waals surface area contributed by atoms with E-state index >= 15 is 0 Å². The van der Waals surface area contributed by atoms with E-state index in [1.165, 1.54) is 11.8 Å². The van der Waals surface area contributed by atoms with Gasteiger partial charge in [0.15, 0.2) is 4.77 Å². The molecular formula is C13H13N3O2S. The van der Waals surface area contributed by atoms with Gasteiger partial charge in [-0.15, -0.1) is 0 Å². The molecule has 2 rings (SSSR count). The molecule has 0 saturated carbocycles. The second kappa shape index (κ2) is 5.19.